The number of nitrogens with one attached hydrogen (secondary N) is 4. The second-order valence-corrected chi connectivity index (χ2v) is 9.37. The number of hydrogen-bond donors (Lipinski definition) is 5. The average Bonchev–Trinajstić information content (AvgIpc) is 3.27. The molecule has 3 aromatic rings. The van der Waals surface area contributed by atoms with Crippen LogP contribution >= 0.6 is 0 Å². The van der Waals surface area contributed by atoms with Crippen molar-refractivity contribution >= 4 is 34.9 Å². The maximum atomic E-state index is 12.6. The Bertz CT molecular complexity index is 1240. The standard InChI is InChI=1S/C27H32N4O6/c1-27(2,3)37-26(34)29-16-25(33)30-20(14-19-15-28-23-7-5-4-6-22(19)23)17-36-21-11-8-18(9-12-21)10-13-24(32)31-35/h4-13,15,20,28,35H,14,16-17H2,1-3H3,(H,29,34)(H,30,33)(H,31,32)/b13-10+/t20-/m0/s1. The molecule has 5 N–H and O–H groups in total. The molecular formula is C27H32N4O6. The Kier molecular flexibility index (Phi) is 9.28. The Morgan fingerprint density at radius 2 is 1.81 bits per heavy atom. The number of benzene rings is 2. The van der Waals surface area contributed by atoms with Crippen LogP contribution in [0.4, 0.5) is 4.79 Å². The van der Waals surface area contributed by atoms with Gasteiger partial charge in [0.2, 0.25) is 5.91 Å². The van der Waals surface area contributed by atoms with Gasteiger partial charge in [0.05, 0.1) is 6.04 Å². The number of carbonyl (C=O) groups is 3. The fourth-order valence-electron chi connectivity index (χ4n) is 3.54. The van der Waals surface area contributed by atoms with Gasteiger partial charge < -0.3 is 25.1 Å². The monoisotopic (exact) mass is 508 g/mol. The molecular weight excluding hydrogens is 476 g/mol. The van der Waals surface area contributed by atoms with E-state index in [1.165, 1.54) is 11.6 Å². The summed E-state index contributed by atoms with van der Waals surface area (Å²) in [4.78, 5) is 38.9. The molecule has 0 fully saturated rings. The van der Waals surface area contributed by atoms with E-state index in [2.05, 4.69) is 15.6 Å². The lowest BCUT2D eigenvalue weighted by Crippen LogP contribution is -2.46. The maximum absolute atomic E-state index is 12.6. The SMILES string of the molecule is CC(C)(C)OC(=O)NCC(=O)N[C@H](COc1ccc(/C=C/C(=O)NO)cc1)Cc1c[nH]c2ccccc12. The fraction of sp³-hybridized carbons (Fsp3) is 0.296. The van der Waals surface area contributed by atoms with Gasteiger partial charge >= 0.3 is 6.09 Å². The third-order valence-electron chi connectivity index (χ3n) is 5.17. The molecule has 1 aromatic heterocycles. The summed E-state index contributed by atoms with van der Waals surface area (Å²) in [6, 6.07) is 14.5. The van der Waals surface area contributed by atoms with Crippen LogP contribution in [0.3, 0.4) is 0 Å². The van der Waals surface area contributed by atoms with Gasteiger partial charge in [-0.2, -0.15) is 0 Å². The van der Waals surface area contributed by atoms with Gasteiger partial charge in [0.1, 0.15) is 24.5 Å². The summed E-state index contributed by atoms with van der Waals surface area (Å²) >= 11 is 0. The fourth-order valence-corrected chi connectivity index (χ4v) is 3.54. The molecule has 2 aromatic carbocycles. The zero-order valence-electron chi connectivity index (χ0n) is 21.0. The second kappa shape index (κ2) is 12.6. The van der Waals surface area contributed by atoms with Crippen molar-refractivity contribution in [1.29, 1.82) is 0 Å². The van der Waals surface area contributed by atoms with Gasteiger partial charge in [0.25, 0.3) is 5.91 Å². The summed E-state index contributed by atoms with van der Waals surface area (Å²) in [7, 11) is 0. The minimum Gasteiger partial charge on any atom is -0.491 e. The van der Waals surface area contributed by atoms with Crippen LogP contribution in [0, 0.1) is 0 Å². The molecule has 3 amide bonds. The quantitative estimate of drug-likeness (QED) is 0.162. The number of amides is 3. The smallest absolute Gasteiger partial charge is 0.408 e. The number of hydrogen-bond acceptors (Lipinski definition) is 6. The first-order chi connectivity index (χ1) is 17.6. The second-order valence-electron chi connectivity index (χ2n) is 9.37. The number of rotatable bonds is 10. The van der Waals surface area contributed by atoms with E-state index in [-0.39, 0.29) is 25.1 Å². The molecule has 37 heavy (non-hydrogen) atoms. The number of ether oxygens (including phenoxy) is 2. The van der Waals surface area contributed by atoms with Gasteiger partial charge in [-0.3, -0.25) is 14.8 Å². The van der Waals surface area contributed by atoms with E-state index in [4.69, 9.17) is 14.7 Å². The molecule has 0 saturated heterocycles. The van der Waals surface area contributed by atoms with E-state index in [1.54, 1.807) is 51.1 Å². The van der Waals surface area contributed by atoms with Gasteiger partial charge in [-0.1, -0.05) is 30.3 Å². The van der Waals surface area contributed by atoms with E-state index >= 15 is 0 Å². The molecule has 3 rings (SSSR count). The van der Waals surface area contributed by atoms with Gasteiger partial charge in [-0.25, -0.2) is 10.3 Å². The molecule has 0 aliphatic carbocycles. The first kappa shape index (κ1) is 27.3. The highest BCUT2D eigenvalue weighted by Crippen LogP contribution is 2.20. The first-order valence-electron chi connectivity index (χ1n) is 11.8. The van der Waals surface area contributed by atoms with Gasteiger partial charge in [-0.15, -0.1) is 0 Å². The van der Waals surface area contributed by atoms with E-state index in [1.807, 2.05) is 30.5 Å². The number of para-hydroxylation sites is 1. The Balaban J connectivity index is 1.65. The Morgan fingerprint density at radius 3 is 2.51 bits per heavy atom. The molecule has 0 spiro atoms. The molecule has 0 unspecified atom stereocenters. The number of fused-ring (bicyclic) bond motifs is 1. The molecule has 0 saturated carbocycles. The minimum atomic E-state index is -0.669. The number of hydroxylamine groups is 1. The normalized spacial score (nSPS) is 12.2. The Hall–Kier alpha value is -4.31. The molecule has 196 valence electrons. The average molecular weight is 509 g/mol. The molecule has 10 nitrogen and oxygen atoms in total. The highest BCUT2D eigenvalue weighted by molar-refractivity contribution is 5.90. The van der Waals surface area contributed by atoms with Crippen LogP contribution in [0.2, 0.25) is 0 Å². The lowest BCUT2D eigenvalue weighted by molar-refractivity contribution is -0.124. The molecule has 1 atom stereocenters. The number of H-pyrrole nitrogens is 1. The molecule has 0 radical (unpaired) electrons. The topological polar surface area (TPSA) is 142 Å². The maximum Gasteiger partial charge on any atom is 0.408 e. The third-order valence-corrected chi connectivity index (χ3v) is 5.17. The van der Waals surface area contributed by atoms with Gasteiger partial charge in [-0.05, 0) is 62.6 Å². The predicted molar refractivity (Wildman–Crippen MR) is 139 cm³/mol. The molecule has 0 bridgehead atoms. The summed E-state index contributed by atoms with van der Waals surface area (Å²) in [6.07, 6.45) is 4.49. The van der Waals surface area contributed by atoms with Gasteiger partial charge in [0.15, 0.2) is 0 Å². The summed E-state index contributed by atoms with van der Waals surface area (Å²) in [5.74, 6) is -0.423. The molecule has 0 aliphatic rings. The summed E-state index contributed by atoms with van der Waals surface area (Å²) in [6.45, 7) is 5.18. The summed E-state index contributed by atoms with van der Waals surface area (Å²) in [5.41, 5.74) is 3.63. The van der Waals surface area contributed by atoms with Crippen molar-refractivity contribution in [3.63, 3.8) is 0 Å². The van der Waals surface area contributed by atoms with E-state index in [9.17, 15) is 14.4 Å². The lowest BCUT2D eigenvalue weighted by atomic mass is 10.1. The number of carbonyl (C=O) groups excluding carboxylic acids is 3. The Morgan fingerprint density at radius 1 is 1.08 bits per heavy atom. The zero-order chi connectivity index (χ0) is 26.8. The van der Waals surface area contributed by atoms with E-state index < -0.39 is 17.6 Å². The van der Waals surface area contributed by atoms with Crippen molar-refractivity contribution in [3.8, 4) is 5.75 Å². The molecule has 1 heterocycles. The number of aromatic amines is 1. The van der Waals surface area contributed by atoms with E-state index in [0.29, 0.717) is 12.2 Å². The van der Waals surface area contributed by atoms with Crippen molar-refractivity contribution < 1.29 is 29.1 Å². The molecule has 0 aliphatic heterocycles. The first-order valence-corrected chi connectivity index (χ1v) is 11.8. The van der Waals surface area contributed by atoms with Crippen LogP contribution < -0.4 is 20.9 Å². The number of aromatic nitrogens is 1. The number of alkyl carbamates (subject to hydrolysis) is 1. The van der Waals surface area contributed by atoms with E-state index in [0.717, 1.165) is 22.0 Å². The largest absolute Gasteiger partial charge is 0.491 e. The van der Waals surface area contributed by atoms with Crippen LogP contribution in [0.1, 0.15) is 31.9 Å². The zero-order valence-corrected chi connectivity index (χ0v) is 21.0. The third kappa shape index (κ3) is 9.01. The van der Waals surface area contributed by atoms with Crippen LogP contribution in [-0.2, 0) is 20.7 Å². The summed E-state index contributed by atoms with van der Waals surface area (Å²) in [5, 5.41) is 15.0. The van der Waals surface area contributed by atoms with Crippen LogP contribution in [0.15, 0.2) is 60.8 Å². The van der Waals surface area contributed by atoms with Crippen molar-refractivity contribution in [3.05, 3.63) is 71.9 Å². The summed E-state index contributed by atoms with van der Waals surface area (Å²) < 4.78 is 11.1. The van der Waals surface area contributed by atoms with Crippen molar-refractivity contribution in [2.24, 2.45) is 0 Å². The predicted octanol–water partition coefficient (Wildman–Crippen LogP) is 3.32. The molecule has 10 heteroatoms. The van der Waals surface area contributed by atoms with Crippen molar-refractivity contribution in [1.82, 2.24) is 21.1 Å². The highest BCUT2D eigenvalue weighted by atomic mass is 16.6. The van der Waals surface area contributed by atoms with Crippen LogP contribution in [0.5, 0.6) is 5.75 Å². The highest BCUT2D eigenvalue weighted by Gasteiger charge is 2.19. The van der Waals surface area contributed by atoms with Crippen molar-refractivity contribution in [2.45, 2.75) is 38.8 Å². The van der Waals surface area contributed by atoms with Crippen LogP contribution in [0.25, 0.3) is 17.0 Å². The van der Waals surface area contributed by atoms with Crippen molar-refractivity contribution in [2.75, 3.05) is 13.2 Å². The Labute approximate surface area is 215 Å². The van der Waals surface area contributed by atoms with Gasteiger partial charge in [0, 0.05) is 23.2 Å². The minimum absolute atomic E-state index is 0.180. The lowest BCUT2D eigenvalue weighted by Gasteiger charge is -2.21. The van der Waals surface area contributed by atoms with Crippen LogP contribution in [-0.4, -0.2) is 52.9 Å².